The highest BCUT2D eigenvalue weighted by molar-refractivity contribution is 5.67. The van der Waals surface area contributed by atoms with Gasteiger partial charge >= 0.3 is 0 Å². The number of aromatic amines is 1. The van der Waals surface area contributed by atoms with E-state index >= 15 is 0 Å². The van der Waals surface area contributed by atoms with E-state index in [0.29, 0.717) is 23.5 Å². The van der Waals surface area contributed by atoms with Gasteiger partial charge in [-0.1, -0.05) is 32.4 Å². The van der Waals surface area contributed by atoms with Crippen LogP contribution in [0.3, 0.4) is 0 Å². The Morgan fingerprint density at radius 3 is 2.48 bits per heavy atom. The number of aryl methyl sites for hydroxylation is 2. The molecular formula is C23H24N10. The number of hydrogen-bond acceptors (Lipinski definition) is 7. The van der Waals surface area contributed by atoms with Crippen molar-refractivity contribution in [3.05, 3.63) is 58.8 Å². The van der Waals surface area contributed by atoms with Crippen molar-refractivity contribution in [3.63, 3.8) is 0 Å². The summed E-state index contributed by atoms with van der Waals surface area (Å²) in [7, 11) is 0. The second kappa shape index (κ2) is 9.88. The fourth-order valence-corrected chi connectivity index (χ4v) is 3.75. The first-order valence-corrected chi connectivity index (χ1v) is 11.0. The lowest BCUT2D eigenvalue weighted by Gasteiger charge is -2.11. The first-order chi connectivity index (χ1) is 16.2. The fourth-order valence-electron chi connectivity index (χ4n) is 3.75. The van der Waals surface area contributed by atoms with E-state index in [-0.39, 0.29) is 5.82 Å². The van der Waals surface area contributed by atoms with Gasteiger partial charge < -0.3 is 0 Å². The Morgan fingerprint density at radius 1 is 1.03 bits per heavy atom. The monoisotopic (exact) mass is 440 g/mol. The molecule has 0 atom stereocenters. The number of aromatic nitrogens is 8. The molecule has 1 N–H and O–H groups in total. The second-order valence-electron chi connectivity index (χ2n) is 7.71. The maximum atomic E-state index is 9.64. The van der Waals surface area contributed by atoms with Crippen molar-refractivity contribution < 1.29 is 0 Å². The molecule has 3 heterocycles. The Balaban J connectivity index is 1.66. The minimum atomic E-state index is 0.253. The molecule has 0 radical (unpaired) electrons. The molecule has 0 aliphatic rings. The molecule has 3 aromatic heterocycles. The number of nitrogens with zero attached hydrogens (tertiary/aromatic N) is 9. The predicted octanol–water partition coefficient (Wildman–Crippen LogP) is 3.34. The Hall–Kier alpha value is -4.31. The number of benzene rings is 1. The van der Waals surface area contributed by atoms with Gasteiger partial charge in [-0.15, -0.1) is 10.2 Å². The van der Waals surface area contributed by atoms with Gasteiger partial charge in [0, 0.05) is 18.5 Å². The van der Waals surface area contributed by atoms with Crippen LogP contribution in [0.4, 0.5) is 0 Å². The zero-order valence-corrected chi connectivity index (χ0v) is 18.7. The molecule has 4 aromatic rings. The summed E-state index contributed by atoms with van der Waals surface area (Å²) in [6.07, 6.45) is 4.97. The largest absolute Gasteiger partial charge is 0.297 e. The molecule has 0 saturated heterocycles. The van der Waals surface area contributed by atoms with Crippen molar-refractivity contribution in [2.75, 3.05) is 0 Å². The van der Waals surface area contributed by atoms with E-state index in [4.69, 9.17) is 10.1 Å². The maximum absolute atomic E-state index is 9.64. The normalized spacial score (nSPS) is 10.8. The molecule has 0 saturated carbocycles. The molecule has 4 rings (SSSR count). The van der Waals surface area contributed by atoms with E-state index in [1.807, 2.05) is 28.9 Å². The number of H-pyrrole nitrogens is 1. The van der Waals surface area contributed by atoms with Crippen molar-refractivity contribution in [2.24, 2.45) is 0 Å². The summed E-state index contributed by atoms with van der Waals surface area (Å²) >= 11 is 0. The van der Waals surface area contributed by atoms with Crippen LogP contribution in [0.5, 0.6) is 0 Å². The smallest absolute Gasteiger partial charge is 0.222 e. The van der Waals surface area contributed by atoms with Gasteiger partial charge in [0.25, 0.3) is 0 Å². The average Bonchev–Trinajstić information content (AvgIpc) is 3.57. The molecule has 33 heavy (non-hydrogen) atoms. The lowest BCUT2D eigenvalue weighted by atomic mass is 10.2. The molecule has 10 heteroatoms. The third-order valence-corrected chi connectivity index (χ3v) is 5.34. The summed E-state index contributed by atoms with van der Waals surface area (Å²) in [6, 6.07) is 13.6. The van der Waals surface area contributed by atoms with Crippen molar-refractivity contribution in [1.82, 2.24) is 40.0 Å². The first-order valence-electron chi connectivity index (χ1n) is 11.0. The van der Waals surface area contributed by atoms with Gasteiger partial charge in [0.05, 0.1) is 12.1 Å². The molecule has 1 aromatic carbocycles. The highest BCUT2D eigenvalue weighted by atomic mass is 15.5. The van der Waals surface area contributed by atoms with Gasteiger partial charge in [-0.2, -0.15) is 20.8 Å². The van der Waals surface area contributed by atoms with Crippen molar-refractivity contribution in [3.8, 4) is 29.3 Å². The van der Waals surface area contributed by atoms with Crippen molar-refractivity contribution in [1.29, 1.82) is 10.5 Å². The molecule has 0 fully saturated rings. The van der Waals surface area contributed by atoms with Gasteiger partial charge in [-0.05, 0) is 41.8 Å². The number of nitrogens with one attached hydrogen (secondary N) is 1. The van der Waals surface area contributed by atoms with E-state index < -0.39 is 0 Å². The SMILES string of the molecule is CCCCc1nc(CCC)nn1Cc1ccc(-n2c(C#N)cc(C#N)c2-c2nn[nH]n2)cc1. The number of rotatable bonds is 9. The molecule has 166 valence electrons. The van der Waals surface area contributed by atoms with E-state index in [1.165, 1.54) is 6.07 Å². The Morgan fingerprint density at radius 2 is 1.85 bits per heavy atom. The van der Waals surface area contributed by atoms with Crippen LogP contribution in [0.15, 0.2) is 30.3 Å². The van der Waals surface area contributed by atoms with Crippen LogP contribution >= 0.6 is 0 Å². The predicted molar refractivity (Wildman–Crippen MR) is 120 cm³/mol. The molecule has 0 bridgehead atoms. The van der Waals surface area contributed by atoms with E-state index in [0.717, 1.165) is 55.0 Å². The minimum absolute atomic E-state index is 0.253. The van der Waals surface area contributed by atoms with Gasteiger partial charge in [0.1, 0.15) is 29.4 Å². The van der Waals surface area contributed by atoms with E-state index in [9.17, 15) is 10.5 Å². The van der Waals surface area contributed by atoms with Crippen molar-refractivity contribution in [2.45, 2.75) is 52.5 Å². The zero-order chi connectivity index (χ0) is 23.2. The first kappa shape index (κ1) is 21.9. The van der Waals surface area contributed by atoms with Gasteiger partial charge in [0.15, 0.2) is 5.82 Å². The van der Waals surface area contributed by atoms with Crippen LogP contribution in [0.25, 0.3) is 17.2 Å². The summed E-state index contributed by atoms with van der Waals surface area (Å²) < 4.78 is 3.67. The van der Waals surface area contributed by atoms with Crippen LogP contribution in [0.1, 0.15) is 61.6 Å². The van der Waals surface area contributed by atoms with E-state index in [2.05, 4.69) is 46.6 Å². The van der Waals surface area contributed by atoms with Crippen LogP contribution in [-0.4, -0.2) is 40.0 Å². The number of hydrogen-bond donors (Lipinski definition) is 1. The average molecular weight is 441 g/mol. The van der Waals surface area contributed by atoms with Crippen molar-refractivity contribution >= 4 is 0 Å². The number of unbranched alkanes of at least 4 members (excludes halogenated alkanes) is 1. The Labute approximate surface area is 191 Å². The lowest BCUT2D eigenvalue weighted by molar-refractivity contribution is 0.613. The minimum Gasteiger partial charge on any atom is -0.297 e. The molecule has 0 amide bonds. The molecular weight excluding hydrogens is 416 g/mol. The second-order valence-corrected chi connectivity index (χ2v) is 7.71. The molecule has 0 aliphatic carbocycles. The quantitative estimate of drug-likeness (QED) is 0.421. The third kappa shape index (κ3) is 4.51. The summed E-state index contributed by atoms with van der Waals surface area (Å²) in [6.45, 7) is 4.92. The standard InChI is InChI=1S/C23H24N10/c1-3-5-7-21-26-20(6-4-2)29-32(21)15-16-8-10-18(11-9-16)33-19(14-25)12-17(13-24)22(33)23-27-30-31-28-23/h8-12H,3-7,15H2,1-2H3,(H,27,28,30,31). The van der Waals surface area contributed by atoms with E-state index in [1.54, 1.807) is 4.57 Å². The number of nitriles is 2. The molecule has 10 nitrogen and oxygen atoms in total. The van der Waals surface area contributed by atoms with Crippen LogP contribution in [-0.2, 0) is 19.4 Å². The summed E-state index contributed by atoms with van der Waals surface area (Å²) in [5, 5.41) is 37.9. The van der Waals surface area contributed by atoms with Crippen LogP contribution in [0.2, 0.25) is 0 Å². The highest BCUT2D eigenvalue weighted by Gasteiger charge is 2.21. The molecule has 0 unspecified atom stereocenters. The summed E-state index contributed by atoms with van der Waals surface area (Å²) in [5.74, 6) is 2.16. The third-order valence-electron chi connectivity index (χ3n) is 5.34. The zero-order valence-electron chi connectivity index (χ0n) is 18.7. The molecule has 0 aliphatic heterocycles. The summed E-state index contributed by atoms with van der Waals surface area (Å²) in [5.41, 5.74) is 2.85. The maximum Gasteiger partial charge on any atom is 0.222 e. The van der Waals surface area contributed by atoms with Crippen LogP contribution < -0.4 is 0 Å². The summed E-state index contributed by atoms with van der Waals surface area (Å²) in [4.78, 5) is 4.73. The van der Waals surface area contributed by atoms with Gasteiger partial charge in [-0.25, -0.2) is 9.67 Å². The highest BCUT2D eigenvalue weighted by Crippen LogP contribution is 2.28. The Bertz CT molecular complexity index is 1300. The number of tetrazole rings is 1. The lowest BCUT2D eigenvalue weighted by Crippen LogP contribution is -2.08. The molecule has 0 spiro atoms. The fraction of sp³-hybridized carbons (Fsp3) is 0.348. The van der Waals surface area contributed by atoms with Gasteiger partial charge in [0.2, 0.25) is 5.82 Å². The topological polar surface area (TPSA) is 138 Å². The Kier molecular flexibility index (Phi) is 6.56. The van der Waals surface area contributed by atoms with Gasteiger partial charge in [-0.3, -0.25) is 4.57 Å². The van der Waals surface area contributed by atoms with Crippen LogP contribution in [0, 0.1) is 22.7 Å².